The normalized spacial score (nSPS) is 18.8. The molecule has 260 valence electrons. The number of benzene rings is 1. The number of pyridine rings is 1. The van der Waals surface area contributed by atoms with Gasteiger partial charge in [0, 0.05) is 25.0 Å². The van der Waals surface area contributed by atoms with Crippen LogP contribution in [0.15, 0.2) is 42.9 Å². The number of hydrogen-bond donors (Lipinski definition) is 3. The summed E-state index contributed by atoms with van der Waals surface area (Å²) in [7, 11) is -1.06. The lowest BCUT2D eigenvalue weighted by Crippen LogP contribution is -2.49. The van der Waals surface area contributed by atoms with Gasteiger partial charge in [-0.15, -0.1) is 0 Å². The van der Waals surface area contributed by atoms with Crippen molar-refractivity contribution in [1.82, 2.24) is 30.0 Å². The number of alkyl halides is 3. The fourth-order valence-electron chi connectivity index (χ4n) is 5.33. The largest absolute Gasteiger partial charge is 0.493 e. The molecule has 49 heavy (non-hydrogen) atoms. The van der Waals surface area contributed by atoms with E-state index in [-0.39, 0.29) is 53.2 Å². The van der Waals surface area contributed by atoms with Crippen LogP contribution in [0.4, 0.5) is 36.3 Å². The van der Waals surface area contributed by atoms with Crippen molar-refractivity contribution in [3.63, 3.8) is 0 Å². The number of halogens is 4. The monoisotopic (exact) mass is 722 g/mol. The number of hydrogen-bond acceptors (Lipinski definition) is 12. The molecule has 4 aromatic rings. The van der Waals surface area contributed by atoms with Crippen LogP contribution in [0.5, 0.6) is 5.75 Å². The smallest absolute Gasteiger partial charge is 0.421 e. The van der Waals surface area contributed by atoms with Crippen LogP contribution in [0.1, 0.15) is 28.5 Å². The van der Waals surface area contributed by atoms with Crippen LogP contribution in [-0.2, 0) is 37.2 Å². The highest BCUT2D eigenvalue weighted by Gasteiger charge is 2.43. The Balaban J connectivity index is 1.50. The molecule has 1 saturated heterocycles. The van der Waals surface area contributed by atoms with E-state index in [1.54, 1.807) is 30.1 Å². The maximum absolute atomic E-state index is 14.1. The van der Waals surface area contributed by atoms with Crippen LogP contribution in [0, 0.1) is 5.41 Å². The molecule has 5 aliphatic rings. The SMILES string of the molecule is CCOP1(=O)Cc2ccc(c(OC)c2Cl)Nc2ncc(C(F)(F)F)c(n2)Nc2ccc(nc2C(=O)NC)-c2cnn(c2)CC2(COC2)CO1. The first-order valence-corrected chi connectivity index (χ1v) is 17.0. The van der Waals surface area contributed by atoms with E-state index >= 15 is 0 Å². The standard InChI is InChI=1S/C30H31ClF3N8O6P/c1-4-47-49(44)12-17-5-6-22(25(45-3)23(17)31)40-28-36-10-19(30(32,33)34)26(41-28)39-21-8-7-20(38-24(21)27(43)35-2)18-9-37-42(11-18)13-29(16-48-49)14-46-15-29/h5-11H,4,12-16H2,1-3H3,(H,35,43)(H2,36,39,40,41). The lowest BCUT2D eigenvalue weighted by atomic mass is 9.87. The number of carbonyl (C=O) groups excluding carboxylic acids is 1. The molecular weight excluding hydrogens is 692 g/mol. The number of nitrogens with zero attached hydrogens (tertiary/aromatic N) is 5. The Morgan fingerprint density at radius 1 is 1.14 bits per heavy atom. The third-order valence-corrected chi connectivity index (χ3v) is 10.1. The zero-order valence-corrected chi connectivity index (χ0v) is 28.1. The predicted molar refractivity (Wildman–Crippen MR) is 173 cm³/mol. The van der Waals surface area contributed by atoms with E-state index in [9.17, 15) is 22.5 Å². The van der Waals surface area contributed by atoms with Crippen molar-refractivity contribution < 1.29 is 41.1 Å². The molecular formula is C30H31ClF3N8O6P. The van der Waals surface area contributed by atoms with E-state index in [4.69, 9.17) is 30.1 Å². The summed E-state index contributed by atoms with van der Waals surface area (Å²) in [4.78, 5) is 25.4. The minimum Gasteiger partial charge on any atom is -0.493 e. The Morgan fingerprint density at radius 3 is 2.59 bits per heavy atom. The second-order valence-electron chi connectivity index (χ2n) is 11.4. The molecule has 1 spiro atoms. The number of amides is 1. The first kappa shape index (κ1) is 34.6. The topological polar surface area (TPSA) is 164 Å². The molecule has 1 fully saturated rings. The average Bonchev–Trinajstić information content (AvgIpc) is 3.51. The lowest BCUT2D eigenvalue weighted by molar-refractivity contribution is -0.142. The van der Waals surface area contributed by atoms with Crippen molar-refractivity contribution in [2.75, 3.05) is 51.2 Å². The third kappa shape index (κ3) is 7.21. The van der Waals surface area contributed by atoms with E-state index in [0.717, 1.165) is 0 Å². The van der Waals surface area contributed by atoms with Crippen LogP contribution >= 0.6 is 19.2 Å². The molecule has 14 nitrogen and oxygen atoms in total. The summed E-state index contributed by atoms with van der Waals surface area (Å²) in [5.74, 6) is -1.48. The molecule has 0 saturated carbocycles. The summed E-state index contributed by atoms with van der Waals surface area (Å²) in [6.45, 7) is 2.77. The molecule has 3 N–H and O–H groups in total. The van der Waals surface area contributed by atoms with Gasteiger partial charge in [-0.2, -0.15) is 23.3 Å². The number of methoxy groups -OCH3 is 1. The van der Waals surface area contributed by atoms with Crippen molar-refractivity contribution in [2.24, 2.45) is 5.41 Å². The van der Waals surface area contributed by atoms with E-state index < -0.39 is 36.5 Å². The zero-order valence-electron chi connectivity index (χ0n) is 26.4. The van der Waals surface area contributed by atoms with Crippen molar-refractivity contribution in [1.29, 1.82) is 0 Å². The Labute approximate surface area is 283 Å². The zero-order chi connectivity index (χ0) is 35.0. The summed E-state index contributed by atoms with van der Waals surface area (Å²) < 4.78 is 80.9. The molecule has 1 atom stereocenters. The first-order chi connectivity index (χ1) is 23.4. The van der Waals surface area contributed by atoms with Gasteiger partial charge in [0.25, 0.3) is 5.91 Å². The molecule has 5 aliphatic heterocycles. The van der Waals surface area contributed by atoms with Gasteiger partial charge < -0.3 is 34.5 Å². The Hall–Kier alpha value is -4.28. The van der Waals surface area contributed by atoms with Gasteiger partial charge in [-0.05, 0) is 30.7 Å². The van der Waals surface area contributed by atoms with E-state index in [1.165, 1.54) is 32.4 Å². The molecule has 0 aliphatic carbocycles. The highest BCUT2D eigenvalue weighted by molar-refractivity contribution is 7.53. The number of ether oxygens (including phenoxy) is 2. The first-order valence-electron chi connectivity index (χ1n) is 14.9. The Kier molecular flexibility index (Phi) is 9.57. The molecule has 9 rings (SSSR count). The number of nitrogens with one attached hydrogen (secondary N) is 3. The Morgan fingerprint density at radius 2 is 1.92 bits per heavy atom. The summed E-state index contributed by atoms with van der Waals surface area (Å²) >= 11 is 6.72. The van der Waals surface area contributed by atoms with Crippen LogP contribution in [0.25, 0.3) is 11.3 Å². The summed E-state index contributed by atoms with van der Waals surface area (Å²) in [6, 6.07) is 6.05. The second kappa shape index (κ2) is 13.6. The highest BCUT2D eigenvalue weighted by Crippen LogP contribution is 2.55. The minimum absolute atomic E-state index is 0.0287. The van der Waals surface area contributed by atoms with Gasteiger partial charge >= 0.3 is 13.8 Å². The summed E-state index contributed by atoms with van der Waals surface area (Å²) in [5, 5.41) is 12.4. The van der Waals surface area contributed by atoms with Crippen LogP contribution in [-0.4, -0.2) is 71.2 Å². The van der Waals surface area contributed by atoms with Crippen LogP contribution in [0.2, 0.25) is 5.02 Å². The van der Waals surface area contributed by atoms with Crippen molar-refractivity contribution >= 4 is 48.2 Å². The van der Waals surface area contributed by atoms with Gasteiger partial charge in [-0.25, -0.2) is 9.97 Å². The lowest BCUT2D eigenvalue weighted by Gasteiger charge is -2.41. The quantitative estimate of drug-likeness (QED) is 0.210. The van der Waals surface area contributed by atoms with E-state index in [0.29, 0.717) is 42.8 Å². The number of anilines is 4. The fourth-order valence-corrected chi connectivity index (χ4v) is 7.53. The molecule has 8 bridgehead atoms. The fraction of sp³-hybridized carbons (Fsp3) is 0.367. The number of aromatic nitrogens is 5. The van der Waals surface area contributed by atoms with E-state index in [2.05, 4.69) is 36.0 Å². The molecule has 19 heteroatoms. The molecule has 1 amide bonds. The highest BCUT2D eigenvalue weighted by atomic mass is 35.5. The van der Waals surface area contributed by atoms with Crippen molar-refractivity contribution in [2.45, 2.75) is 25.8 Å². The van der Waals surface area contributed by atoms with Gasteiger partial charge in [-0.1, -0.05) is 17.7 Å². The maximum atomic E-state index is 14.1. The van der Waals surface area contributed by atoms with Gasteiger partial charge in [-0.3, -0.25) is 14.0 Å². The van der Waals surface area contributed by atoms with Gasteiger partial charge in [0.05, 0.1) is 79.9 Å². The third-order valence-electron chi connectivity index (χ3n) is 7.81. The van der Waals surface area contributed by atoms with Gasteiger partial charge in [0.1, 0.15) is 11.4 Å². The minimum atomic E-state index is -4.86. The molecule has 3 aromatic heterocycles. The molecule has 0 radical (unpaired) electrons. The Bertz CT molecular complexity index is 1940. The average molecular weight is 723 g/mol. The number of carbonyl (C=O) groups is 1. The molecule has 8 heterocycles. The summed E-state index contributed by atoms with van der Waals surface area (Å²) in [5.41, 5.74) is -0.555. The second-order valence-corrected chi connectivity index (χ2v) is 13.8. The van der Waals surface area contributed by atoms with Crippen molar-refractivity contribution in [3.05, 3.63) is 64.7 Å². The van der Waals surface area contributed by atoms with Crippen LogP contribution < -0.4 is 20.7 Å². The van der Waals surface area contributed by atoms with E-state index in [1.807, 2.05) is 0 Å². The number of rotatable bonds is 4. The van der Waals surface area contributed by atoms with Gasteiger partial charge in [0.15, 0.2) is 11.4 Å². The van der Waals surface area contributed by atoms with Crippen LogP contribution in [0.3, 0.4) is 0 Å². The predicted octanol–water partition coefficient (Wildman–Crippen LogP) is 6.04. The summed E-state index contributed by atoms with van der Waals surface area (Å²) in [6.07, 6.45) is -1.21. The molecule has 1 aromatic carbocycles. The molecule has 1 unspecified atom stereocenters. The van der Waals surface area contributed by atoms with Gasteiger partial charge in [0.2, 0.25) is 5.95 Å². The van der Waals surface area contributed by atoms with Crippen molar-refractivity contribution in [3.8, 4) is 17.0 Å². The maximum Gasteiger partial charge on any atom is 0.421 e.